The van der Waals surface area contributed by atoms with Crippen LogP contribution in [0, 0.1) is 5.82 Å². The third-order valence-corrected chi connectivity index (χ3v) is 2.28. The van der Waals surface area contributed by atoms with E-state index < -0.39 is 0 Å². The topological polar surface area (TPSA) is 26.0 Å². The van der Waals surface area contributed by atoms with Gasteiger partial charge < -0.3 is 5.73 Å². The number of rotatable bonds is 4. The SMILES string of the molecule is C=CCC[C@@H](N)c1ccc(Cl)cc1F.Cl. The molecule has 0 unspecified atom stereocenters. The summed E-state index contributed by atoms with van der Waals surface area (Å²) >= 11 is 5.63. The van der Waals surface area contributed by atoms with Crippen LogP contribution < -0.4 is 5.73 Å². The van der Waals surface area contributed by atoms with Crippen LogP contribution in [0.2, 0.25) is 5.02 Å². The summed E-state index contributed by atoms with van der Waals surface area (Å²) in [6.45, 7) is 3.59. The molecule has 0 bridgehead atoms. The van der Waals surface area contributed by atoms with Gasteiger partial charge in [0.05, 0.1) is 0 Å². The first-order valence-electron chi connectivity index (χ1n) is 4.46. The van der Waals surface area contributed by atoms with E-state index in [9.17, 15) is 4.39 Å². The van der Waals surface area contributed by atoms with Crippen molar-refractivity contribution in [2.75, 3.05) is 0 Å². The van der Waals surface area contributed by atoms with Gasteiger partial charge in [0.2, 0.25) is 0 Å². The molecular weight excluding hydrogens is 236 g/mol. The van der Waals surface area contributed by atoms with E-state index in [4.69, 9.17) is 17.3 Å². The van der Waals surface area contributed by atoms with Crippen molar-refractivity contribution in [1.82, 2.24) is 0 Å². The second-order valence-corrected chi connectivity index (χ2v) is 3.57. The van der Waals surface area contributed by atoms with Crippen molar-refractivity contribution in [3.63, 3.8) is 0 Å². The fraction of sp³-hybridized carbons (Fsp3) is 0.273. The zero-order valence-electron chi connectivity index (χ0n) is 8.25. The highest BCUT2D eigenvalue weighted by atomic mass is 35.5. The summed E-state index contributed by atoms with van der Waals surface area (Å²) < 4.78 is 13.3. The number of hydrogen-bond donors (Lipinski definition) is 1. The normalized spacial score (nSPS) is 11.7. The quantitative estimate of drug-likeness (QED) is 0.806. The number of nitrogens with two attached hydrogens (primary N) is 1. The second kappa shape index (κ2) is 6.83. The summed E-state index contributed by atoms with van der Waals surface area (Å²) in [5, 5.41) is 0.391. The average Bonchev–Trinajstić information content (AvgIpc) is 2.14. The molecule has 0 radical (unpaired) electrons. The summed E-state index contributed by atoms with van der Waals surface area (Å²) in [6.07, 6.45) is 3.25. The van der Waals surface area contributed by atoms with E-state index in [1.807, 2.05) is 0 Å². The van der Waals surface area contributed by atoms with E-state index in [0.717, 1.165) is 6.42 Å². The Morgan fingerprint density at radius 2 is 2.20 bits per heavy atom. The Bertz CT molecular complexity index is 328. The average molecular weight is 250 g/mol. The molecule has 0 saturated heterocycles. The van der Waals surface area contributed by atoms with Crippen molar-refractivity contribution >= 4 is 24.0 Å². The van der Waals surface area contributed by atoms with Gasteiger partial charge in [-0.1, -0.05) is 23.7 Å². The lowest BCUT2D eigenvalue weighted by atomic mass is 10.0. The van der Waals surface area contributed by atoms with Gasteiger partial charge in [0.1, 0.15) is 5.82 Å². The Labute approximate surface area is 101 Å². The predicted molar refractivity (Wildman–Crippen MR) is 65.0 cm³/mol. The molecule has 2 N–H and O–H groups in total. The fourth-order valence-corrected chi connectivity index (χ4v) is 1.41. The van der Waals surface area contributed by atoms with Crippen molar-refractivity contribution in [2.24, 2.45) is 5.73 Å². The lowest BCUT2D eigenvalue weighted by molar-refractivity contribution is 0.566. The van der Waals surface area contributed by atoms with Crippen molar-refractivity contribution in [2.45, 2.75) is 18.9 Å². The first-order valence-corrected chi connectivity index (χ1v) is 4.84. The van der Waals surface area contributed by atoms with Crippen LogP contribution in [0.25, 0.3) is 0 Å². The molecule has 15 heavy (non-hydrogen) atoms. The minimum Gasteiger partial charge on any atom is -0.324 e. The molecule has 0 spiro atoms. The molecule has 1 aromatic rings. The molecule has 0 fully saturated rings. The van der Waals surface area contributed by atoms with Gasteiger partial charge in [-0.05, 0) is 25.0 Å². The Hall–Kier alpha value is -0.570. The monoisotopic (exact) mass is 249 g/mol. The highest BCUT2D eigenvalue weighted by Gasteiger charge is 2.10. The summed E-state index contributed by atoms with van der Waals surface area (Å²) in [4.78, 5) is 0. The van der Waals surface area contributed by atoms with Crippen molar-refractivity contribution in [3.8, 4) is 0 Å². The lowest BCUT2D eigenvalue weighted by Crippen LogP contribution is -2.11. The Balaban J connectivity index is 0.00000196. The molecule has 84 valence electrons. The molecule has 0 amide bonds. The standard InChI is InChI=1S/C11H13ClFN.ClH/c1-2-3-4-11(14)9-6-5-8(12)7-10(9)13;/h2,5-7,11H,1,3-4,14H2;1H/t11-;/m1./s1. The molecule has 0 aliphatic carbocycles. The predicted octanol–water partition coefficient (Wildman–Crippen LogP) is 3.87. The van der Waals surface area contributed by atoms with Crippen molar-refractivity contribution < 1.29 is 4.39 Å². The zero-order valence-corrected chi connectivity index (χ0v) is 9.82. The summed E-state index contributed by atoms with van der Waals surface area (Å²) in [7, 11) is 0. The van der Waals surface area contributed by atoms with Crippen LogP contribution in [0.3, 0.4) is 0 Å². The minimum atomic E-state index is -0.339. The van der Waals surface area contributed by atoms with Gasteiger partial charge in [-0.3, -0.25) is 0 Å². The number of allylic oxidation sites excluding steroid dienone is 1. The maximum absolute atomic E-state index is 13.3. The summed E-state index contributed by atoms with van der Waals surface area (Å²) in [6, 6.07) is 4.27. The van der Waals surface area contributed by atoms with Crippen LogP contribution >= 0.6 is 24.0 Å². The van der Waals surface area contributed by atoms with E-state index in [-0.39, 0.29) is 24.3 Å². The Morgan fingerprint density at radius 1 is 1.53 bits per heavy atom. The maximum Gasteiger partial charge on any atom is 0.129 e. The molecule has 0 saturated carbocycles. The highest BCUT2D eigenvalue weighted by Crippen LogP contribution is 2.22. The Kier molecular flexibility index (Phi) is 6.57. The van der Waals surface area contributed by atoms with Gasteiger partial charge in [0.25, 0.3) is 0 Å². The van der Waals surface area contributed by atoms with Gasteiger partial charge in [-0.2, -0.15) is 0 Å². The van der Waals surface area contributed by atoms with Gasteiger partial charge >= 0.3 is 0 Å². The first kappa shape index (κ1) is 14.4. The largest absolute Gasteiger partial charge is 0.324 e. The molecule has 1 aromatic carbocycles. The molecule has 0 aliphatic rings. The van der Waals surface area contributed by atoms with E-state index in [1.165, 1.54) is 6.07 Å². The van der Waals surface area contributed by atoms with Crippen molar-refractivity contribution in [1.29, 1.82) is 0 Å². The minimum absolute atomic E-state index is 0. The number of halogens is 3. The second-order valence-electron chi connectivity index (χ2n) is 3.14. The molecule has 0 aliphatic heterocycles. The third kappa shape index (κ3) is 4.20. The molecule has 1 nitrogen and oxygen atoms in total. The lowest BCUT2D eigenvalue weighted by Gasteiger charge is -2.11. The van der Waals surface area contributed by atoms with Crippen molar-refractivity contribution in [3.05, 3.63) is 47.3 Å². The number of hydrogen-bond acceptors (Lipinski definition) is 1. The molecule has 4 heteroatoms. The Morgan fingerprint density at radius 3 is 2.73 bits per heavy atom. The summed E-state index contributed by atoms with van der Waals surface area (Å²) in [5.74, 6) is -0.339. The molecule has 0 heterocycles. The summed E-state index contributed by atoms with van der Waals surface area (Å²) in [5.41, 5.74) is 6.31. The van der Waals surface area contributed by atoms with Gasteiger partial charge in [-0.15, -0.1) is 19.0 Å². The fourth-order valence-electron chi connectivity index (χ4n) is 1.26. The molecule has 1 atom stereocenters. The van der Waals surface area contributed by atoms with Gasteiger partial charge in [0.15, 0.2) is 0 Å². The first-order chi connectivity index (χ1) is 6.65. The van der Waals surface area contributed by atoms with E-state index in [1.54, 1.807) is 18.2 Å². The van der Waals surface area contributed by atoms with Crippen LogP contribution in [-0.2, 0) is 0 Å². The maximum atomic E-state index is 13.3. The third-order valence-electron chi connectivity index (χ3n) is 2.04. The number of benzene rings is 1. The van der Waals surface area contributed by atoms with Gasteiger partial charge in [0, 0.05) is 16.6 Å². The van der Waals surface area contributed by atoms with Crippen LogP contribution in [0.15, 0.2) is 30.9 Å². The van der Waals surface area contributed by atoms with E-state index >= 15 is 0 Å². The zero-order chi connectivity index (χ0) is 10.6. The molecule has 0 aromatic heterocycles. The van der Waals surface area contributed by atoms with Gasteiger partial charge in [-0.25, -0.2) is 4.39 Å². The highest BCUT2D eigenvalue weighted by molar-refractivity contribution is 6.30. The molecule has 1 rings (SSSR count). The van der Waals surface area contributed by atoms with E-state index in [2.05, 4.69) is 6.58 Å². The smallest absolute Gasteiger partial charge is 0.129 e. The van der Waals surface area contributed by atoms with Crippen LogP contribution in [-0.4, -0.2) is 0 Å². The van der Waals surface area contributed by atoms with Crippen LogP contribution in [0.1, 0.15) is 24.4 Å². The molecular formula is C11H14Cl2FN. The van der Waals surface area contributed by atoms with Crippen LogP contribution in [0.5, 0.6) is 0 Å². The van der Waals surface area contributed by atoms with E-state index in [0.29, 0.717) is 17.0 Å². The van der Waals surface area contributed by atoms with Crippen LogP contribution in [0.4, 0.5) is 4.39 Å².